The first kappa shape index (κ1) is 17.5. The molecular weight excluding hydrogens is 306 g/mol. The van der Waals surface area contributed by atoms with Gasteiger partial charge in [0.05, 0.1) is 10.6 Å². The molecule has 0 amide bonds. The summed E-state index contributed by atoms with van der Waals surface area (Å²) >= 11 is 0. The second-order valence-electron chi connectivity index (χ2n) is 5.88. The predicted octanol–water partition coefficient (Wildman–Crippen LogP) is 4.92. The normalized spacial score (nSPS) is 11.4. The molecule has 0 aliphatic rings. The first-order chi connectivity index (χ1) is 11.0. The molecule has 2 aromatic rings. The Hall–Kier alpha value is -1.81. The van der Waals surface area contributed by atoms with Crippen LogP contribution in [0.3, 0.4) is 0 Å². The van der Waals surface area contributed by atoms with Gasteiger partial charge in [0.2, 0.25) is 0 Å². The van der Waals surface area contributed by atoms with Crippen LogP contribution in [0, 0.1) is 6.92 Å². The number of anilines is 1. The Balaban J connectivity index is 2.04. The maximum Gasteiger partial charge on any atom is 0.261 e. The maximum absolute atomic E-state index is 12.5. The number of hydrogen-bond acceptors (Lipinski definition) is 2. The molecule has 0 atom stereocenters. The molecule has 4 heteroatoms. The van der Waals surface area contributed by atoms with Gasteiger partial charge in [-0.05, 0) is 49.1 Å². The lowest BCUT2D eigenvalue weighted by molar-refractivity contribution is 0.601. The molecule has 124 valence electrons. The second-order valence-corrected chi connectivity index (χ2v) is 7.56. The van der Waals surface area contributed by atoms with Crippen molar-refractivity contribution >= 4 is 15.7 Å². The van der Waals surface area contributed by atoms with Crippen LogP contribution in [0.25, 0.3) is 0 Å². The predicted molar refractivity (Wildman–Crippen MR) is 96.3 cm³/mol. The summed E-state index contributed by atoms with van der Waals surface area (Å²) in [5, 5.41) is 0. The molecule has 0 saturated heterocycles. The van der Waals surface area contributed by atoms with Gasteiger partial charge in [0, 0.05) is 0 Å². The molecule has 0 bridgehead atoms. The highest BCUT2D eigenvalue weighted by Gasteiger charge is 2.14. The Labute approximate surface area is 139 Å². The largest absolute Gasteiger partial charge is 0.279 e. The quantitative estimate of drug-likeness (QED) is 0.698. The van der Waals surface area contributed by atoms with E-state index in [0.717, 1.165) is 18.4 Å². The highest BCUT2D eigenvalue weighted by Crippen LogP contribution is 2.20. The molecule has 0 heterocycles. The van der Waals surface area contributed by atoms with Crippen LogP contribution in [-0.2, 0) is 16.4 Å². The van der Waals surface area contributed by atoms with E-state index in [1.54, 1.807) is 18.2 Å². The zero-order valence-corrected chi connectivity index (χ0v) is 14.7. The van der Waals surface area contributed by atoms with Gasteiger partial charge in [0.15, 0.2) is 0 Å². The highest BCUT2D eigenvalue weighted by molar-refractivity contribution is 7.92. The number of hydrogen-bond donors (Lipinski definition) is 1. The zero-order chi connectivity index (χ0) is 16.7. The van der Waals surface area contributed by atoms with Crippen LogP contribution in [-0.4, -0.2) is 8.42 Å². The number of sulfonamides is 1. The minimum absolute atomic E-state index is 0.304. The topological polar surface area (TPSA) is 46.2 Å². The van der Waals surface area contributed by atoms with E-state index in [1.807, 2.05) is 37.3 Å². The lowest BCUT2D eigenvalue weighted by atomic mass is 10.1. The molecule has 3 nitrogen and oxygen atoms in total. The summed E-state index contributed by atoms with van der Waals surface area (Å²) < 4.78 is 27.6. The molecule has 0 aromatic heterocycles. The fourth-order valence-corrected chi connectivity index (χ4v) is 3.61. The van der Waals surface area contributed by atoms with Gasteiger partial charge in [-0.25, -0.2) is 8.42 Å². The summed E-state index contributed by atoms with van der Waals surface area (Å²) in [6, 6.07) is 14.6. The second kappa shape index (κ2) is 8.16. The third-order valence-corrected chi connectivity index (χ3v) is 5.32. The minimum atomic E-state index is -3.53. The van der Waals surface area contributed by atoms with E-state index >= 15 is 0 Å². The average Bonchev–Trinajstić information content (AvgIpc) is 2.54. The third kappa shape index (κ3) is 5.10. The Morgan fingerprint density at radius 2 is 1.61 bits per heavy atom. The van der Waals surface area contributed by atoms with Crippen molar-refractivity contribution in [2.75, 3.05) is 4.72 Å². The Kier molecular flexibility index (Phi) is 6.22. The molecule has 0 spiro atoms. The van der Waals surface area contributed by atoms with Crippen molar-refractivity contribution in [1.82, 2.24) is 0 Å². The standard InChI is InChI=1S/C19H25NO2S/c1-3-4-5-6-10-17-12-14-18(15-13-17)23(21,22)20-19-11-8-7-9-16(19)2/h7-9,11-15,20H,3-6,10H2,1-2H3. The monoisotopic (exact) mass is 331 g/mol. The van der Waals surface area contributed by atoms with Crippen molar-refractivity contribution in [1.29, 1.82) is 0 Å². The summed E-state index contributed by atoms with van der Waals surface area (Å²) in [6.07, 6.45) is 5.87. The first-order valence-corrected chi connectivity index (χ1v) is 9.68. The number of nitrogens with one attached hydrogen (secondary N) is 1. The van der Waals surface area contributed by atoms with Crippen LogP contribution < -0.4 is 4.72 Å². The number of benzene rings is 2. The SMILES string of the molecule is CCCCCCc1ccc(S(=O)(=O)Nc2ccccc2C)cc1. The smallest absolute Gasteiger partial charge is 0.261 e. The third-order valence-electron chi connectivity index (χ3n) is 3.94. The molecule has 0 radical (unpaired) electrons. The maximum atomic E-state index is 12.5. The van der Waals surface area contributed by atoms with Gasteiger partial charge in [0.25, 0.3) is 10.0 Å². The van der Waals surface area contributed by atoms with E-state index in [4.69, 9.17) is 0 Å². The summed E-state index contributed by atoms with van der Waals surface area (Å²) in [6.45, 7) is 4.08. The molecule has 0 saturated carbocycles. The van der Waals surface area contributed by atoms with Crippen molar-refractivity contribution in [2.45, 2.75) is 50.8 Å². The van der Waals surface area contributed by atoms with Crippen molar-refractivity contribution in [2.24, 2.45) is 0 Å². The van der Waals surface area contributed by atoms with E-state index in [0.29, 0.717) is 10.6 Å². The minimum Gasteiger partial charge on any atom is -0.279 e. The van der Waals surface area contributed by atoms with Gasteiger partial charge < -0.3 is 0 Å². The van der Waals surface area contributed by atoms with Crippen molar-refractivity contribution in [3.05, 3.63) is 59.7 Å². The van der Waals surface area contributed by atoms with Gasteiger partial charge in [-0.15, -0.1) is 0 Å². The molecular formula is C19H25NO2S. The highest BCUT2D eigenvalue weighted by atomic mass is 32.2. The van der Waals surface area contributed by atoms with Crippen molar-refractivity contribution < 1.29 is 8.42 Å². The Morgan fingerprint density at radius 3 is 2.26 bits per heavy atom. The molecule has 1 N–H and O–H groups in total. The molecule has 2 aromatic carbocycles. The van der Waals surface area contributed by atoms with Gasteiger partial charge in [-0.2, -0.15) is 0 Å². The van der Waals surface area contributed by atoms with E-state index in [2.05, 4.69) is 11.6 Å². The molecule has 23 heavy (non-hydrogen) atoms. The van der Waals surface area contributed by atoms with Crippen LogP contribution in [0.1, 0.15) is 43.7 Å². The van der Waals surface area contributed by atoms with Crippen LogP contribution in [0.4, 0.5) is 5.69 Å². The van der Waals surface area contributed by atoms with E-state index in [1.165, 1.54) is 24.8 Å². The van der Waals surface area contributed by atoms with Gasteiger partial charge in [-0.1, -0.05) is 56.5 Å². The summed E-state index contributed by atoms with van der Waals surface area (Å²) in [7, 11) is -3.53. The van der Waals surface area contributed by atoms with Crippen molar-refractivity contribution in [3.63, 3.8) is 0 Å². The molecule has 2 rings (SSSR count). The number of rotatable bonds is 8. The fraction of sp³-hybridized carbons (Fsp3) is 0.368. The fourth-order valence-electron chi connectivity index (χ4n) is 2.48. The van der Waals surface area contributed by atoms with E-state index in [9.17, 15) is 8.42 Å². The van der Waals surface area contributed by atoms with Gasteiger partial charge in [0.1, 0.15) is 0 Å². The lowest BCUT2D eigenvalue weighted by Gasteiger charge is -2.11. The van der Waals surface area contributed by atoms with Crippen LogP contribution >= 0.6 is 0 Å². The van der Waals surface area contributed by atoms with E-state index in [-0.39, 0.29) is 0 Å². The van der Waals surface area contributed by atoms with Crippen molar-refractivity contribution in [3.8, 4) is 0 Å². The number of aryl methyl sites for hydroxylation is 2. The Morgan fingerprint density at radius 1 is 0.913 bits per heavy atom. The zero-order valence-electron chi connectivity index (χ0n) is 13.9. The summed E-state index contributed by atoms with van der Waals surface area (Å²) in [5.41, 5.74) is 2.72. The van der Waals surface area contributed by atoms with Gasteiger partial charge in [-0.3, -0.25) is 4.72 Å². The molecule has 0 fully saturated rings. The average molecular weight is 331 g/mol. The molecule has 0 aliphatic carbocycles. The molecule has 0 unspecified atom stereocenters. The summed E-state index contributed by atoms with van der Waals surface area (Å²) in [4.78, 5) is 0.304. The van der Waals surface area contributed by atoms with Crippen LogP contribution in [0.2, 0.25) is 0 Å². The van der Waals surface area contributed by atoms with Gasteiger partial charge >= 0.3 is 0 Å². The Bertz CT molecular complexity index is 721. The van der Waals surface area contributed by atoms with E-state index < -0.39 is 10.0 Å². The molecule has 0 aliphatic heterocycles. The lowest BCUT2D eigenvalue weighted by Crippen LogP contribution is -2.13. The number of para-hydroxylation sites is 1. The van der Waals surface area contributed by atoms with Crippen LogP contribution in [0.5, 0.6) is 0 Å². The summed E-state index contributed by atoms with van der Waals surface area (Å²) in [5.74, 6) is 0. The number of unbranched alkanes of at least 4 members (excludes halogenated alkanes) is 3. The first-order valence-electron chi connectivity index (χ1n) is 8.20. The van der Waals surface area contributed by atoms with Crippen LogP contribution in [0.15, 0.2) is 53.4 Å².